The monoisotopic (exact) mass is 302 g/mol. The maximum absolute atomic E-state index is 12.1. The van der Waals surface area contributed by atoms with Crippen LogP contribution in [0.15, 0.2) is 12.3 Å². The van der Waals surface area contributed by atoms with Gasteiger partial charge in [-0.1, -0.05) is 0 Å². The normalized spacial score (nSPS) is 19.4. The third kappa shape index (κ3) is 4.17. The number of nitrogens with zero attached hydrogens (tertiary/aromatic N) is 2. The molecule has 2 N–H and O–H groups in total. The van der Waals surface area contributed by atoms with E-state index in [1.807, 2.05) is 0 Å². The maximum atomic E-state index is 12.1. The summed E-state index contributed by atoms with van der Waals surface area (Å²) in [4.78, 5) is 36.3. The second kappa shape index (κ2) is 7.60. The van der Waals surface area contributed by atoms with Crippen molar-refractivity contribution in [3.8, 4) is 0 Å². The molecule has 0 aliphatic carbocycles. The molecule has 9 heteroatoms. The molecule has 0 bridgehead atoms. The highest BCUT2D eigenvalue weighted by molar-refractivity contribution is 5.86. The Balaban J connectivity index is 2.82. The zero-order chi connectivity index (χ0) is 16.0. The molecule has 0 radical (unpaired) electrons. The van der Waals surface area contributed by atoms with Gasteiger partial charge in [0.1, 0.15) is 6.54 Å². The minimum absolute atomic E-state index is 0.0103. The number of aliphatic hydroxyl groups excluding tert-OH is 2. The molecule has 9 nitrogen and oxygen atoms in total. The molecule has 0 aromatic rings. The van der Waals surface area contributed by atoms with Gasteiger partial charge in [0.2, 0.25) is 6.23 Å². The van der Waals surface area contributed by atoms with Crippen molar-refractivity contribution in [2.45, 2.75) is 26.3 Å². The van der Waals surface area contributed by atoms with E-state index in [2.05, 4.69) is 4.74 Å². The Morgan fingerprint density at radius 2 is 1.95 bits per heavy atom. The van der Waals surface area contributed by atoms with Crippen molar-refractivity contribution in [3.05, 3.63) is 12.3 Å². The van der Waals surface area contributed by atoms with Crippen LogP contribution in [0.25, 0.3) is 0 Å². The van der Waals surface area contributed by atoms with Gasteiger partial charge < -0.3 is 19.7 Å². The largest absolute Gasteiger partial charge is 0.465 e. The predicted octanol–water partition coefficient (Wildman–Crippen LogP) is -0.999. The van der Waals surface area contributed by atoms with Gasteiger partial charge in [0, 0.05) is 6.20 Å². The van der Waals surface area contributed by atoms with Crippen LogP contribution in [0, 0.1) is 0 Å². The van der Waals surface area contributed by atoms with Crippen LogP contribution in [0.5, 0.6) is 0 Å². The zero-order valence-corrected chi connectivity index (χ0v) is 11.8. The molecule has 0 aromatic heterocycles. The first-order chi connectivity index (χ1) is 9.92. The van der Waals surface area contributed by atoms with Gasteiger partial charge in [-0.3, -0.25) is 14.6 Å². The Morgan fingerprint density at radius 3 is 2.52 bits per heavy atom. The minimum atomic E-state index is -1.97. The fraction of sp³-hybridized carbons (Fsp3) is 0.583. The third-order valence-corrected chi connectivity index (χ3v) is 2.56. The van der Waals surface area contributed by atoms with E-state index in [0.717, 1.165) is 11.0 Å². The summed E-state index contributed by atoms with van der Waals surface area (Å²) in [6.07, 6.45) is -1.15. The molecule has 1 aliphatic rings. The molecule has 21 heavy (non-hydrogen) atoms. The van der Waals surface area contributed by atoms with Crippen molar-refractivity contribution >= 4 is 18.0 Å². The van der Waals surface area contributed by atoms with Crippen LogP contribution in [-0.4, -0.2) is 70.2 Å². The second-order valence-corrected chi connectivity index (χ2v) is 4.00. The lowest BCUT2D eigenvalue weighted by Gasteiger charge is -2.36. The van der Waals surface area contributed by atoms with E-state index in [9.17, 15) is 24.6 Å². The van der Waals surface area contributed by atoms with Gasteiger partial charge in [0.15, 0.2) is 6.23 Å². The summed E-state index contributed by atoms with van der Waals surface area (Å²) in [5, 5.41) is 19.5. The summed E-state index contributed by atoms with van der Waals surface area (Å²) in [6, 6.07) is -0.918. The van der Waals surface area contributed by atoms with Crippen molar-refractivity contribution in [3.63, 3.8) is 0 Å². The van der Waals surface area contributed by atoms with Gasteiger partial charge in [0.05, 0.1) is 13.2 Å². The first kappa shape index (κ1) is 16.9. The van der Waals surface area contributed by atoms with Crippen molar-refractivity contribution in [1.29, 1.82) is 0 Å². The molecule has 1 heterocycles. The Labute approximate surface area is 121 Å². The van der Waals surface area contributed by atoms with E-state index in [1.54, 1.807) is 6.92 Å². The van der Waals surface area contributed by atoms with E-state index in [4.69, 9.17) is 4.74 Å². The molecule has 0 fully saturated rings. The number of aliphatic hydroxyl groups is 2. The molecule has 2 atom stereocenters. The summed E-state index contributed by atoms with van der Waals surface area (Å²) in [5.41, 5.74) is 0. The first-order valence-corrected chi connectivity index (χ1v) is 6.38. The van der Waals surface area contributed by atoms with Gasteiger partial charge in [-0.15, -0.1) is 0 Å². The molecule has 0 saturated carbocycles. The Morgan fingerprint density at radius 1 is 1.33 bits per heavy atom. The smallest absolute Gasteiger partial charge is 0.356 e. The van der Waals surface area contributed by atoms with Crippen LogP contribution in [0.2, 0.25) is 0 Å². The molecule has 0 saturated heterocycles. The van der Waals surface area contributed by atoms with Crippen molar-refractivity contribution in [2.75, 3.05) is 19.8 Å². The van der Waals surface area contributed by atoms with Gasteiger partial charge in [-0.25, -0.2) is 9.59 Å². The highest BCUT2D eigenvalue weighted by Gasteiger charge is 2.38. The maximum Gasteiger partial charge on any atom is 0.356 e. The average molecular weight is 302 g/mol. The highest BCUT2D eigenvalue weighted by Crippen LogP contribution is 2.15. The lowest BCUT2D eigenvalue weighted by Crippen LogP contribution is -2.57. The number of carbonyl (C=O) groups is 3. The number of urea groups is 1. The second-order valence-electron chi connectivity index (χ2n) is 4.00. The molecule has 0 aromatic carbocycles. The number of amides is 2. The van der Waals surface area contributed by atoms with E-state index in [-0.39, 0.29) is 13.2 Å². The van der Waals surface area contributed by atoms with Crippen molar-refractivity contribution in [1.82, 2.24) is 9.80 Å². The van der Waals surface area contributed by atoms with Crippen molar-refractivity contribution < 1.29 is 34.1 Å². The van der Waals surface area contributed by atoms with Crippen LogP contribution in [0.3, 0.4) is 0 Å². The Hall–Kier alpha value is -2.13. The molecule has 2 amide bonds. The molecule has 118 valence electrons. The topological polar surface area (TPSA) is 117 Å². The molecular weight excluding hydrogens is 284 g/mol. The number of carbonyl (C=O) groups excluding carboxylic acids is 3. The first-order valence-electron chi connectivity index (χ1n) is 6.38. The molecule has 2 unspecified atom stereocenters. The van der Waals surface area contributed by atoms with Crippen LogP contribution < -0.4 is 0 Å². The predicted molar refractivity (Wildman–Crippen MR) is 68.4 cm³/mol. The van der Waals surface area contributed by atoms with Crippen LogP contribution in [0.4, 0.5) is 4.79 Å². The summed E-state index contributed by atoms with van der Waals surface area (Å²) < 4.78 is 9.28. The minimum Gasteiger partial charge on any atom is -0.465 e. The lowest BCUT2D eigenvalue weighted by atomic mass is 10.3. The summed E-state index contributed by atoms with van der Waals surface area (Å²) in [7, 11) is 0. The number of hydrogen-bond donors (Lipinski definition) is 2. The van der Waals surface area contributed by atoms with E-state index < -0.39 is 37.0 Å². The summed E-state index contributed by atoms with van der Waals surface area (Å²) in [5.74, 6) is -1.73. The standard InChI is InChI=1S/C12H18N2O7/c1-3-20-9(16)7-13-6-5-8(15)14(12(13)19)10(17)11(18)21-4-2/h5-6,8,10,15,17H,3-4,7H2,1-2H3. The quantitative estimate of drug-likeness (QED) is 0.604. The van der Waals surface area contributed by atoms with Gasteiger partial charge >= 0.3 is 18.0 Å². The van der Waals surface area contributed by atoms with Gasteiger partial charge in [-0.05, 0) is 19.9 Å². The van der Waals surface area contributed by atoms with E-state index >= 15 is 0 Å². The Bertz CT molecular complexity index is 437. The average Bonchev–Trinajstić information content (AvgIpc) is 2.42. The molecule has 1 aliphatic heterocycles. The fourth-order valence-corrected chi connectivity index (χ4v) is 1.64. The summed E-state index contributed by atoms with van der Waals surface area (Å²) in [6.45, 7) is 2.92. The fourth-order valence-electron chi connectivity index (χ4n) is 1.64. The molecular formula is C12H18N2O7. The number of ether oxygens (including phenoxy) is 2. The van der Waals surface area contributed by atoms with Crippen molar-refractivity contribution in [2.24, 2.45) is 0 Å². The van der Waals surface area contributed by atoms with Crippen LogP contribution in [0.1, 0.15) is 13.8 Å². The zero-order valence-electron chi connectivity index (χ0n) is 11.8. The Kier molecular flexibility index (Phi) is 6.12. The van der Waals surface area contributed by atoms with Gasteiger partial charge in [0.25, 0.3) is 0 Å². The van der Waals surface area contributed by atoms with Crippen LogP contribution in [-0.2, 0) is 19.1 Å². The van der Waals surface area contributed by atoms with Gasteiger partial charge in [-0.2, -0.15) is 0 Å². The summed E-state index contributed by atoms with van der Waals surface area (Å²) >= 11 is 0. The van der Waals surface area contributed by atoms with E-state index in [0.29, 0.717) is 4.90 Å². The third-order valence-electron chi connectivity index (χ3n) is 2.56. The number of esters is 2. The highest BCUT2D eigenvalue weighted by atomic mass is 16.6. The molecule has 1 rings (SSSR count). The molecule has 0 spiro atoms. The SMILES string of the molecule is CCOC(=O)CN1C=CC(O)N(C(O)C(=O)OCC)C1=O. The van der Waals surface area contributed by atoms with E-state index in [1.165, 1.54) is 13.1 Å². The number of rotatable bonds is 6. The van der Waals surface area contributed by atoms with Crippen LogP contribution >= 0.6 is 0 Å². The lowest BCUT2D eigenvalue weighted by molar-refractivity contribution is -0.168. The number of hydrogen-bond acceptors (Lipinski definition) is 7.